The molecule has 0 unspecified atom stereocenters. The third-order valence-electron chi connectivity index (χ3n) is 3.95. The molecule has 3 rings (SSSR count). The molecule has 1 atom stereocenters. The molecule has 1 heterocycles. The van der Waals surface area contributed by atoms with Crippen LogP contribution in [0.1, 0.15) is 12.0 Å². The first-order chi connectivity index (χ1) is 13.0. The van der Waals surface area contributed by atoms with Crippen LogP contribution in [0.2, 0.25) is 0 Å². The molecule has 6 nitrogen and oxygen atoms in total. The smallest absolute Gasteiger partial charge is 0.230 e. The number of ether oxygens (including phenoxy) is 1. The lowest BCUT2D eigenvalue weighted by atomic mass is 10.2. The van der Waals surface area contributed by atoms with Gasteiger partial charge in [0.25, 0.3) is 0 Å². The Balaban J connectivity index is 1.90. The van der Waals surface area contributed by atoms with Crippen LogP contribution in [0.3, 0.4) is 0 Å². The lowest BCUT2D eigenvalue weighted by molar-refractivity contribution is -0.304. The number of hydrogen-bond donors (Lipinski definition) is 0. The molecule has 140 valence electrons. The number of hydrogen-bond acceptors (Lipinski definition) is 6. The van der Waals surface area contributed by atoms with E-state index < -0.39 is 17.0 Å². The number of aliphatic carboxylic acids is 1. The van der Waals surface area contributed by atoms with Gasteiger partial charge in [-0.15, -0.1) is 0 Å². The molecule has 0 saturated carbocycles. The molecule has 0 aliphatic carbocycles. The normalized spacial score (nSPS) is 18.6. The van der Waals surface area contributed by atoms with Gasteiger partial charge in [0.2, 0.25) is 5.91 Å². The molecule has 1 aliphatic heterocycles. The number of methoxy groups -OCH3 is 1. The van der Waals surface area contributed by atoms with E-state index in [1.54, 1.807) is 19.2 Å². The van der Waals surface area contributed by atoms with Crippen LogP contribution in [0.25, 0.3) is 0 Å². The summed E-state index contributed by atoms with van der Waals surface area (Å²) in [6.45, 7) is 0.232. The summed E-state index contributed by atoms with van der Waals surface area (Å²) in [6, 6.07) is 12.6. The van der Waals surface area contributed by atoms with Crippen molar-refractivity contribution in [2.75, 3.05) is 7.11 Å². The molecule has 0 N–H and O–H groups in total. The Morgan fingerprint density at radius 3 is 2.52 bits per heavy atom. The van der Waals surface area contributed by atoms with Gasteiger partial charge in [-0.1, -0.05) is 23.9 Å². The van der Waals surface area contributed by atoms with Gasteiger partial charge in [0, 0.05) is 6.42 Å². The minimum absolute atomic E-state index is 0.175. The summed E-state index contributed by atoms with van der Waals surface area (Å²) in [4.78, 5) is 29.6. The van der Waals surface area contributed by atoms with Crippen LogP contribution in [-0.2, 0) is 16.1 Å². The Morgan fingerprint density at radius 1 is 1.26 bits per heavy atom. The van der Waals surface area contributed by atoms with Gasteiger partial charge in [0.1, 0.15) is 11.6 Å². The minimum Gasteiger partial charge on any atom is -0.549 e. The van der Waals surface area contributed by atoms with E-state index in [2.05, 4.69) is 4.99 Å². The maximum Gasteiger partial charge on any atom is 0.230 e. The molecular weight excluding hydrogens is 371 g/mol. The summed E-state index contributed by atoms with van der Waals surface area (Å²) in [5, 5.41) is 10.5. The highest BCUT2D eigenvalue weighted by Gasteiger charge is 2.32. The fourth-order valence-corrected chi connectivity index (χ4v) is 3.55. The summed E-state index contributed by atoms with van der Waals surface area (Å²) >= 11 is 0.952. The van der Waals surface area contributed by atoms with Crippen molar-refractivity contribution in [1.29, 1.82) is 0 Å². The molecule has 1 saturated heterocycles. The van der Waals surface area contributed by atoms with Gasteiger partial charge in [0.05, 0.1) is 30.6 Å². The van der Waals surface area contributed by atoms with Gasteiger partial charge >= 0.3 is 0 Å². The van der Waals surface area contributed by atoms with Gasteiger partial charge in [0.15, 0.2) is 5.17 Å². The van der Waals surface area contributed by atoms with E-state index in [0.717, 1.165) is 17.3 Å². The van der Waals surface area contributed by atoms with E-state index in [0.29, 0.717) is 11.4 Å². The van der Waals surface area contributed by atoms with Crippen LogP contribution >= 0.6 is 11.8 Å². The fraction of sp³-hybridized carbons (Fsp3) is 0.211. The molecule has 2 aromatic carbocycles. The lowest BCUT2D eigenvalue weighted by Gasteiger charge is -2.32. The van der Waals surface area contributed by atoms with Gasteiger partial charge in [-0.3, -0.25) is 9.69 Å². The van der Waals surface area contributed by atoms with Crippen molar-refractivity contribution < 1.29 is 23.8 Å². The highest BCUT2D eigenvalue weighted by atomic mass is 32.2. The average Bonchev–Trinajstić information content (AvgIpc) is 2.66. The first kappa shape index (κ1) is 18.9. The Morgan fingerprint density at radius 2 is 1.93 bits per heavy atom. The largest absolute Gasteiger partial charge is 0.549 e. The third-order valence-corrected chi connectivity index (χ3v) is 5.12. The number of benzene rings is 2. The summed E-state index contributed by atoms with van der Waals surface area (Å²) in [7, 11) is 1.56. The molecule has 0 radical (unpaired) electrons. The number of rotatable bonds is 5. The van der Waals surface area contributed by atoms with Crippen LogP contribution in [0.15, 0.2) is 53.5 Å². The van der Waals surface area contributed by atoms with Crippen LogP contribution < -0.4 is 9.84 Å². The summed E-state index contributed by atoms with van der Waals surface area (Å²) < 4.78 is 18.2. The van der Waals surface area contributed by atoms with E-state index in [1.807, 2.05) is 12.1 Å². The minimum atomic E-state index is -1.32. The summed E-state index contributed by atoms with van der Waals surface area (Å²) in [5.41, 5.74) is 1.26. The number of amides is 1. The average molecular weight is 387 g/mol. The molecule has 0 bridgehead atoms. The van der Waals surface area contributed by atoms with Gasteiger partial charge in [-0.2, -0.15) is 0 Å². The predicted octanol–water partition coefficient (Wildman–Crippen LogP) is 2.11. The Hall–Kier alpha value is -2.87. The summed E-state index contributed by atoms with van der Waals surface area (Å²) in [5.74, 6) is -1.40. The quantitative estimate of drug-likeness (QED) is 0.785. The van der Waals surface area contributed by atoms with Crippen molar-refractivity contribution in [3.8, 4) is 5.75 Å². The number of carboxylic acids is 1. The molecule has 8 heteroatoms. The maximum atomic E-state index is 13.1. The Labute approximate surface area is 159 Å². The van der Waals surface area contributed by atoms with Crippen molar-refractivity contribution in [2.45, 2.75) is 18.2 Å². The number of carboxylic acid groups (broad SMARTS) is 1. The van der Waals surface area contributed by atoms with Crippen LogP contribution in [0.5, 0.6) is 5.75 Å². The first-order valence-corrected chi connectivity index (χ1v) is 8.99. The van der Waals surface area contributed by atoms with E-state index >= 15 is 0 Å². The molecular formula is C19H16FN2O4S-. The van der Waals surface area contributed by atoms with Gasteiger partial charge in [-0.25, -0.2) is 9.38 Å². The number of nitrogens with zero attached hydrogens (tertiary/aromatic N) is 2. The number of halogens is 1. The SMILES string of the molecule is COc1ccc(CN2C(=O)C[C@@H](C(=O)[O-])SC2=Nc2ccc(F)cc2)cc1. The molecule has 0 aromatic heterocycles. The van der Waals surface area contributed by atoms with Crippen molar-refractivity contribution >= 4 is 34.5 Å². The zero-order valence-electron chi connectivity index (χ0n) is 14.4. The second-order valence-corrected chi connectivity index (χ2v) is 7.00. The highest BCUT2D eigenvalue weighted by molar-refractivity contribution is 8.15. The van der Waals surface area contributed by atoms with Crippen molar-refractivity contribution in [3.05, 3.63) is 59.9 Å². The number of aliphatic imine (C=N–C) groups is 1. The maximum absolute atomic E-state index is 13.1. The summed E-state index contributed by atoms with van der Waals surface area (Å²) in [6.07, 6.45) is -0.175. The predicted molar refractivity (Wildman–Crippen MR) is 98.0 cm³/mol. The monoisotopic (exact) mass is 387 g/mol. The molecule has 27 heavy (non-hydrogen) atoms. The second-order valence-electron chi connectivity index (χ2n) is 5.83. The van der Waals surface area contributed by atoms with Crippen molar-refractivity contribution in [2.24, 2.45) is 4.99 Å². The molecule has 2 aromatic rings. The first-order valence-electron chi connectivity index (χ1n) is 8.11. The number of thioether (sulfide) groups is 1. The van der Waals surface area contributed by atoms with E-state index in [4.69, 9.17) is 4.74 Å². The standard InChI is InChI=1S/C19H17FN2O4S/c1-26-15-8-2-12(3-9-15)11-22-17(23)10-16(18(24)25)27-19(22)21-14-6-4-13(20)5-7-14/h2-9,16H,10-11H2,1H3,(H,24,25)/p-1/t16-/m0/s1. The second kappa shape index (κ2) is 8.22. The van der Waals surface area contributed by atoms with E-state index in [1.165, 1.54) is 29.2 Å². The Bertz CT molecular complexity index is 868. The van der Waals surface area contributed by atoms with Crippen molar-refractivity contribution in [1.82, 2.24) is 4.90 Å². The topological polar surface area (TPSA) is 82.0 Å². The van der Waals surface area contributed by atoms with Crippen LogP contribution in [0.4, 0.5) is 10.1 Å². The van der Waals surface area contributed by atoms with Gasteiger partial charge in [-0.05, 0) is 42.0 Å². The fourth-order valence-electron chi connectivity index (χ4n) is 2.52. The molecule has 0 spiro atoms. The zero-order valence-corrected chi connectivity index (χ0v) is 15.2. The molecule has 1 amide bonds. The van der Waals surface area contributed by atoms with Crippen LogP contribution in [-0.4, -0.2) is 34.3 Å². The van der Waals surface area contributed by atoms with Crippen molar-refractivity contribution in [3.63, 3.8) is 0 Å². The molecule has 1 aliphatic rings. The highest BCUT2D eigenvalue weighted by Crippen LogP contribution is 2.30. The number of carbonyl (C=O) groups excluding carboxylic acids is 2. The molecule has 1 fully saturated rings. The van der Waals surface area contributed by atoms with Gasteiger partial charge < -0.3 is 14.6 Å². The van der Waals surface area contributed by atoms with E-state index in [-0.39, 0.29) is 24.0 Å². The van der Waals surface area contributed by atoms with E-state index in [9.17, 15) is 19.1 Å². The lowest BCUT2D eigenvalue weighted by Crippen LogP contribution is -2.47. The number of carbonyl (C=O) groups is 2. The zero-order chi connectivity index (χ0) is 19.4. The number of amidine groups is 1. The third kappa shape index (κ3) is 4.65. The Kier molecular flexibility index (Phi) is 5.75. The van der Waals surface area contributed by atoms with Crippen LogP contribution in [0, 0.1) is 5.82 Å².